The van der Waals surface area contributed by atoms with Crippen molar-refractivity contribution in [2.24, 2.45) is 5.41 Å². The number of esters is 1. The number of benzene rings is 1. The van der Waals surface area contributed by atoms with Crippen LogP contribution in [0.2, 0.25) is 0 Å². The first-order valence-corrected chi connectivity index (χ1v) is 7.00. The van der Waals surface area contributed by atoms with Crippen LogP contribution in [0.3, 0.4) is 0 Å². The topological polar surface area (TPSA) is 26.3 Å². The Hall–Kier alpha value is -1.83. The standard InChI is InChI=1S/C18H24O2/c1-4-5-6-10-13-18(2,3)15-20-17(19)14-16-11-8-7-9-12-16/h4-9,11-12H,1,10,13-15H2,2-3H3/b6-5+. The molecule has 0 saturated carbocycles. The first kappa shape index (κ1) is 16.2. The Balaban J connectivity index is 2.32. The molecular weight excluding hydrogens is 248 g/mol. The summed E-state index contributed by atoms with van der Waals surface area (Å²) in [6.07, 6.45) is 8.09. The Labute approximate surface area is 122 Å². The van der Waals surface area contributed by atoms with E-state index in [1.807, 2.05) is 36.4 Å². The summed E-state index contributed by atoms with van der Waals surface area (Å²) in [5.74, 6) is -0.161. The van der Waals surface area contributed by atoms with Crippen molar-refractivity contribution < 1.29 is 9.53 Å². The second kappa shape index (κ2) is 8.36. The summed E-state index contributed by atoms with van der Waals surface area (Å²) in [5.41, 5.74) is 0.988. The molecule has 2 heteroatoms. The quantitative estimate of drug-likeness (QED) is 0.520. The average Bonchev–Trinajstić information content (AvgIpc) is 2.43. The number of hydrogen-bond acceptors (Lipinski definition) is 2. The van der Waals surface area contributed by atoms with Gasteiger partial charge in [-0.05, 0) is 23.8 Å². The lowest BCUT2D eigenvalue weighted by Crippen LogP contribution is -2.22. The molecule has 108 valence electrons. The van der Waals surface area contributed by atoms with E-state index >= 15 is 0 Å². The number of carbonyl (C=O) groups excluding carboxylic acids is 1. The molecule has 1 rings (SSSR count). The van der Waals surface area contributed by atoms with E-state index in [1.54, 1.807) is 6.08 Å². The summed E-state index contributed by atoms with van der Waals surface area (Å²) in [5, 5.41) is 0. The maximum absolute atomic E-state index is 11.8. The van der Waals surface area contributed by atoms with Gasteiger partial charge in [0.15, 0.2) is 0 Å². The Morgan fingerprint density at radius 2 is 2.00 bits per heavy atom. The summed E-state index contributed by atoms with van der Waals surface area (Å²) in [7, 11) is 0. The highest BCUT2D eigenvalue weighted by molar-refractivity contribution is 5.72. The Morgan fingerprint density at radius 3 is 2.65 bits per heavy atom. The Kier molecular flexibility index (Phi) is 6.78. The normalized spacial score (nSPS) is 11.5. The van der Waals surface area contributed by atoms with E-state index in [-0.39, 0.29) is 11.4 Å². The van der Waals surface area contributed by atoms with Gasteiger partial charge in [-0.1, -0.05) is 69.0 Å². The first-order chi connectivity index (χ1) is 9.53. The lowest BCUT2D eigenvalue weighted by atomic mass is 9.89. The highest BCUT2D eigenvalue weighted by atomic mass is 16.5. The van der Waals surface area contributed by atoms with Gasteiger partial charge in [0.05, 0.1) is 13.0 Å². The molecule has 0 fully saturated rings. The molecule has 0 atom stereocenters. The van der Waals surface area contributed by atoms with Crippen molar-refractivity contribution in [2.45, 2.75) is 33.1 Å². The van der Waals surface area contributed by atoms with Crippen LogP contribution in [0.1, 0.15) is 32.3 Å². The van der Waals surface area contributed by atoms with E-state index in [4.69, 9.17) is 4.74 Å². The smallest absolute Gasteiger partial charge is 0.310 e. The number of ether oxygens (including phenoxy) is 1. The third-order valence-electron chi connectivity index (χ3n) is 3.08. The summed E-state index contributed by atoms with van der Waals surface area (Å²) in [6, 6.07) is 9.67. The minimum Gasteiger partial charge on any atom is -0.465 e. The number of allylic oxidation sites excluding steroid dienone is 3. The molecule has 0 aliphatic carbocycles. The largest absolute Gasteiger partial charge is 0.465 e. The zero-order valence-electron chi connectivity index (χ0n) is 12.5. The van der Waals surface area contributed by atoms with Gasteiger partial charge in [0, 0.05) is 0 Å². The monoisotopic (exact) mass is 272 g/mol. The summed E-state index contributed by atoms with van der Waals surface area (Å²) < 4.78 is 5.38. The molecule has 0 heterocycles. The van der Waals surface area contributed by atoms with Crippen LogP contribution in [-0.4, -0.2) is 12.6 Å². The summed E-state index contributed by atoms with van der Waals surface area (Å²) in [6.45, 7) is 8.33. The van der Waals surface area contributed by atoms with Crippen LogP contribution in [0.25, 0.3) is 0 Å². The second-order valence-electron chi connectivity index (χ2n) is 5.69. The molecule has 0 N–H and O–H groups in total. The van der Waals surface area contributed by atoms with E-state index in [9.17, 15) is 4.79 Å². The van der Waals surface area contributed by atoms with Crippen LogP contribution in [0.15, 0.2) is 55.1 Å². The van der Waals surface area contributed by atoms with Crippen molar-refractivity contribution in [3.8, 4) is 0 Å². The third kappa shape index (κ3) is 6.93. The SMILES string of the molecule is C=C/C=C/CCC(C)(C)COC(=O)Cc1ccccc1. The van der Waals surface area contributed by atoms with Crippen molar-refractivity contribution in [1.29, 1.82) is 0 Å². The minimum atomic E-state index is -0.161. The van der Waals surface area contributed by atoms with Gasteiger partial charge in [-0.25, -0.2) is 0 Å². The molecule has 20 heavy (non-hydrogen) atoms. The predicted octanol–water partition coefficient (Wildman–Crippen LogP) is 4.32. The van der Waals surface area contributed by atoms with Crippen molar-refractivity contribution >= 4 is 5.97 Å². The molecule has 1 aromatic carbocycles. The molecule has 1 aromatic rings. The number of rotatable bonds is 8. The van der Waals surface area contributed by atoms with Crippen LogP contribution < -0.4 is 0 Å². The highest BCUT2D eigenvalue weighted by Crippen LogP contribution is 2.23. The molecule has 0 amide bonds. The zero-order chi connectivity index (χ0) is 14.8. The molecule has 0 radical (unpaired) electrons. The van der Waals surface area contributed by atoms with Crippen molar-refractivity contribution in [3.63, 3.8) is 0 Å². The number of hydrogen-bond donors (Lipinski definition) is 0. The van der Waals surface area contributed by atoms with Gasteiger partial charge in [0.25, 0.3) is 0 Å². The van der Waals surface area contributed by atoms with E-state index in [0.29, 0.717) is 13.0 Å². The van der Waals surface area contributed by atoms with E-state index in [1.165, 1.54) is 0 Å². The van der Waals surface area contributed by atoms with Gasteiger partial charge < -0.3 is 4.74 Å². The van der Waals surface area contributed by atoms with E-state index in [2.05, 4.69) is 26.5 Å². The molecular formula is C18H24O2. The predicted molar refractivity (Wildman–Crippen MR) is 83.5 cm³/mol. The zero-order valence-corrected chi connectivity index (χ0v) is 12.5. The lowest BCUT2D eigenvalue weighted by Gasteiger charge is -2.23. The molecule has 0 aromatic heterocycles. The fourth-order valence-electron chi connectivity index (χ4n) is 1.83. The van der Waals surface area contributed by atoms with Crippen molar-refractivity contribution in [1.82, 2.24) is 0 Å². The van der Waals surface area contributed by atoms with Crippen LogP contribution in [-0.2, 0) is 16.0 Å². The minimum absolute atomic E-state index is 0.00213. The fraction of sp³-hybridized carbons (Fsp3) is 0.389. The molecule has 0 unspecified atom stereocenters. The van der Waals surface area contributed by atoms with Gasteiger partial charge >= 0.3 is 5.97 Å². The molecule has 0 spiro atoms. The summed E-state index contributed by atoms with van der Waals surface area (Å²) in [4.78, 5) is 11.8. The Morgan fingerprint density at radius 1 is 1.30 bits per heavy atom. The molecule has 2 nitrogen and oxygen atoms in total. The van der Waals surface area contributed by atoms with Crippen molar-refractivity contribution in [2.75, 3.05) is 6.61 Å². The van der Waals surface area contributed by atoms with Crippen LogP contribution >= 0.6 is 0 Å². The van der Waals surface area contributed by atoms with Gasteiger partial charge in [-0.3, -0.25) is 4.79 Å². The Bertz CT molecular complexity index is 444. The molecule has 0 aliphatic rings. The maximum Gasteiger partial charge on any atom is 0.310 e. The maximum atomic E-state index is 11.8. The fourth-order valence-corrected chi connectivity index (χ4v) is 1.83. The third-order valence-corrected chi connectivity index (χ3v) is 3.08. The molecule has 0 bridgehead atoms. The highest BCUT2D eigenvalue weighted by Gasteiger charge is 2.19. The summed E-state index contributed by atoms with van der Waals surface area (Å²) >= 11 is 0. The first-order valence-electron chi connectivity index (χ1n) is 7.00. The van der Waals surface area contributed by atoms with Gasteiger partial charge in [-0.15, -0.1) is 0 Å². The number of carbonyl (C=O) groups is 1. The van der Waals surface area contributed by atoms with Crippen LogP contribution in [0, 0.1) is 5.41 Å². The van der Waals surface area contributed by atoms with Gasteiger partial charge in [0.2, 0.25) is 0 Å². The van der Waals surface area contributed by atoms with E-state index in [0.717, 1.165) is 18.4 Å². The van der Waals surface area contributed by atoms with E-state index < -0.39 is 0 Å². The average molecular weight is 272 g/mol. The van der Waals surface area contributed by atoms with Gasteiger partial charge in [0.1, 0.15) is 0 Å². The van der Waals surface area contributed by atoms with Crippen molar-refractivity contribution in [3.05, 3.63) is 60.7 Å². The van der Waals surface area contributed by atoms with Crippen LogP contribution in [0.4, 0.5) is 0 Å². The molecule has 0 saturated heterocycles. The molecule has 0 aliphatic heterocycles. The second-order valence-corrected chi connectivity index (χ2v) is 5.69. The lowest BCUT2D eigenvalue weighted by molar-refractivity contribution is -0.146. The van der Waals surface area contributed by atoms with Gasteiger partial charge in [-0.2, -0.15) is 0 Å². The van der Waals surface area contributed by atoms with Crippen LogP contribution in [0.5, 0.6) is 0 Å².